The summed E-state index contributed by atoms with van der Waals surface area (Å²) in [7, 11) is 2.01. The van der Waals surface area contributed by atoms with Gasteiger partial charge in [-0.05, 0) is 60.9 Å². The van der Waals surface area contributed by atoms with E-state index >= 15 is 0 Å². The summed E-state index contributed by atoms with van der Waals surface area (Å²) in [5.41, 5.74) is 6.18. The van der Waals surface area contributed by atoms with Crippen LogP contribution in [0.15, 0.2) is 73.1 Å². The van der Waals surface area contributed by atoms with Gasteiger partial charge < -0.3 is 9.88 Å². The molecular weight excluding hydrogens is 346 g/mol. The van der Waals surface area contributed by atoms with Crippen molar-refractivity contribution in [3.8, 4) is 11.1 Å². The molecule has 2 aromatic heterocycles. The molecule has 28 heavy (non-hydrogen) atoms. The first-order valence-corrected chi connectivity index (χ1v) is 9.41. The molecule has 0 aliphatic rings. The van der Waals surface area contributed by atoms with Crippen molar-refractivity contribution in [2.75, 3.05) is 5.32 Å². The van der Waals surface area contributed by atoms with Crippen molar-refractivity contribution in [1.82, 2.24) is 9.55 Å². The molecule has 0 spiro atoms. The fraction of sp³-hybridized carbons (Fsp3) is 0.167. The molecule has 2 heterocycles. The van der Waals surface area contributed by atoms with Crippen LogP contribution in [0.25, 0.3) is 22.0 Å². The highest BCUT2D eigenvalue weighted by molar-refractivity contribution is 5.99. The van der Waals surface area contributed by atoms with Crippen molar-refractivity contribution in [2.24, 2.45) is 7.05 Å². The molecule has 4 aromatic rings. The monoisotopic (exact) mass is 369 g/mol. The number of nitrogens with zero attached hydrogens (tertiary/aromatic N) is 2. The van der Waals surface area contributed by atoms with Crippen LogP contribution in [0.2, 0.25) is 0 Å². The average Bonchev–Trinajstić information content (AvgIpc) is 3.05. The molecule has 1 unspecified atom stereocenters. The molecule has 0 bridgehead atoms. The van der Waals surface area contributed by atoms with Gasteiger partial charge in [0.25, 0.3) is 0 Å². The smallest absolute Gasteiger partial charge is 0.231 e. The summed E-state index contributed by atoms with van der Waals surface area (Å²) in [5.74, 6) is -0.252. The first kappa shape index (κ1) is 18.0. The van der Waals surface area contributed by atoms with Crippen LogP contribution in [-0.4, -0.2) is 15.5 Å². The van der Waals surface area contributed by atoms with Crippen molar-refractivity contribution in [2.45, 2.75) is 19.8 Å². The molecule has 2 aromatic carbocycles. The zero-order chi connectivity index (χ0) is 19.7. The standard InChI is InChI=1S/C24H23N3O/c1-16-14-19(12-13-25-16)18-8-10-20(11-9-18)26-24(28)17(2)22-15-27(3)23-7-5-4-6-21(22)23/h4-15,17H,1-3H3,(H,26,28). The summed E-state index contributed by atoms with van der Waals surface area (Å²) < 4.78 is 2.07. The molecule has 0 aliphatic heterocycles. The number of carbonyl (C=O) groups is 1. The fourth-order valence-corrected chi connectivity index (χ4v) is 3.58. The number of pyridine rings is 1. The number of benzene rings is 2. The van der Waals surface area contributed by atoms with Crippen LogP contribution in [0.4, 0.5) is 5.69 Å². The Kier molecular flexibility index (Phi) is 4.70. The van der Waals surface area contributed by atoms with Gasteiger partial charge in [0.1, 0.15) is 0 Å². The number of carbonyl (C=O) groups excluding carboxylic acids is 1. The van der Waals surface area contributed by atoms with E-state index in [9.17, 15) is 4.79 Å². The minimum absolute atomic E-state index is 0.0103. The highest BCUT2D eigenvalue weighted by Gasteiger charge is 2.19. The van der Waals surface area contributed by atoms with Gasteiger partial charge in [0, 0.05) is 41.7 Å². The highest BCUT2D eigenvalue weighted by atomic mass is 16.1. The third-order valence-electron chi connectivity index (χ3n) is 5.17. The molecule has 1 amide bonds. The van der Waals surface area contributed by atoms with Crippen molar-refractivity contribution in [3.63, 3.8) is 0 Å². The zero-order valence-electron chi connectivity index (χ0n) is 16.3. The molecule has 0 saturated carbocycles. The predicted molar refractivity (Wildman–Crippen MR) is 114 cm³/mol. The van der Waals surface area contributed by atoms with E-state index in [1.807, 2.05) is 75.8 Å². The van der Waals surface area contributed by atoms with Gasteiger partial charge in [-0.1, -0.05) is 30.3 Å². The van der Waals surface area contributed by atoms with Crippen molar-refractivity contribution >= 4 is 22.5 Å². The largest absolute Gasteiger partial charge is 0.350 e. The minimum atomic E-state index is -0.242. The second kappa shape index (κ2) is 7.31. The number of fused-ring (bicyclic) bond motifs is 1. The first-order chi connectivity index (χ1) is 13.5. The SMILES string of the molecule is Cc1cc(-c2ccc(NC(=O)C(C)c3cn(C)c4ccccc34)cc2)ccn1. The molecule has 4 rings (SSSR count). The van der Waals surface area contributed by atoms with Crippen molar-refractivity contribution < 1.29 is 4.79 Å². The van der Waals surface area contributed by atoms with Gasteiger partial charge in [-0.15, -0.1) is 0 Å². The Balaban J connectivity index is 1.53. The van der Waals surface area contributed by atoms with Gasteiger partial charge in [0.05, 0.1) is 5.92 Å². The quantitative estimate of drug-likeness (QED) is 0.531. The maximum Gasteiger partial charge on any atom is 0.231 e. The van der Waals surface area contributed by atoms with Gasteiger partial charge in [-0.25, -0.2) is 0 Å². The summed E-state index contributed by atoms with van der Waals surface area (Å²) in [5, 5.41) is 4.16. The van der Waals surface area contributed by atoms with E-state index in [0.717, 1.165) is 39.0 Å². The molecule has 0 aliphatic carbocycles. The molecule has 4 nitrogen and oxygen atoms in total. The zero-order valence-corrected chi connectivity index (χ0v) is 16.3. The van der Waals surface area contributed by atoms with E-state index in [4.69, 9.17) is 0 Å². The normalized spacial score (nSPS) is 12.1. The van der Waals surface area contributed by atoms with Gasteiger partial charge in [-0.2, -0.15) is 0 Å². The van der Waals surface area contributed by atoms with Gasteiger partial charge in [-0.3, -0.25) is 9.78 Å². The molecule has 0 fully saturated rings. The van der Waals surface area contributed by atoms with Crippen LogP contribution in [0, 0.1) is 6.92 Å². The predicted octanol–water partition coefficient (Wildman–Crippen LogP) is 5.29. The summed E-state index contributed by atoms with van der Waals surface area (Å²) in [6.07, 6.45) is 3.86. The van der Waals surface area contributed by atoms with Crippen LogP contribution in [0.1, 0.15) is 24.1 Å². The second-order valence-corrected chi connectivity index (χ2v) is 7.19. The fourth-order valence-electron chi connectivity index (χ4n) is 3.58. The second-order valence-electron chi connectivity index (χ2n) is 7.19. The number of aryl methyl sites for hydroxylation is 2. The van der Waals surface area contributed by atoms with Crippen LogP contribution >= 0.6 is 0 Å². The lowest BCUT2D eigenvalue weighted by Crippen LogP contribution is -2.18. The maximum atomic E-state index is 12.8. The molecule has 0 radical (unpaired) electrons. The van der Waals surface area contributed by atoms with Gasteiger partial charge in [0.2, 0.25) is 5.91 Å². The van der Waals surface area contributed by atoms with Gasteiger partial charge >= 0.3 is 0 Å². The maximum absolute atomic E-state index is 12.8. The molecule has 140 valence electrons. The third kappa shape index (κ3) is 3.41. The number of hydrogen-bond acceptors (Lipinski definition) is 2. The van der Waals surface area contributed by atoms with Gasteiger partial charge in [0.15, 0.2) is 0 Å². The number of amides is 1. The lowest BCUT2D eigenvalue weighted by Gasteiger charge is -2.12. The van der Waals surface area contributed by atoms with E-state index in [1.165, 1.54) is 0 Å². The number of rotatable bonds is 4. The van der Waals surface area contributed by atoms with E-state index < -0.39 is 0 Å². The van der Waals surface area contributed by atoms with E-state index in [1.54, 1.807) is 0 Å². The third-order valence-corrected chi connectivity index (χ3v) is 5.17. The van der Waals surface area contributed by atoms with E-state index in [0.29, 0.717) is 0 Å². The molecule has 1 N–H and O–H groups in total. The molecule has 1 atom stereocenters. The van der Waals surface area contributed by atoms with Crippen LogP contribution in [0.3, 0.4) is 0 Å². The minimum Gasteiger partial charge on any atom is -0.350 e. The molecular formula is C24H23N3O. The summed E-state index contributed by atoms with van der Waals surface area (Å²) >= 11 is 0. The Morgan fingerprint density at radius 2 is 1.79 bits per heavy atom. The number of para-hydroxylation sites is 1. The summed E-state index contributed by atoms with van der Waals surface area (Å²) in [4.78, 5) is 17.1. The lowest BCUT2D eigenvalue weighted by molar-refractivity contribution is -0.117. The van der Waals surface area contributed by atoms with Crippen LogP contribution in [0.5, 0.6) is 0 Å². The lowest BCUT2D eigenvalue weighted by atomic mass is 9.99. The average molecular weight is 369 g/mol. The molecule has 0 saturated heterocycles. The summed E-state index contributed by atoms with van der Waals surface area (Å²) in [6, 6.07) is 20.1. The van der Waals surface area contributed by atoms with Crippen molar-refractivity contribution in [3.05, 3.63) is 84.3 Å². The number of nitrogens with one attached hydrogen (secondary N) is 1. The van der Waals surface area contributed by atoms with Crippen LogP contribution < -0.4 is 5.32 Å². The highest BCUT2D eigenvalue weighted by Crippen LogP contribution is 2.28. The van der Waals surface area contributed by atoms with E-state index in [-0.39, 0.29) is 11.8 Å². The Bertz CT molecular complexity index is 1140. The Morgan fingerprint density at radius 3 is 2.54 bits per heavy atom. The van der Waals surface area contributed by atoms with E-state index in [2.05, 4.69) is 33.1 Å². The molecule has 4 heteroatoms. The Labute approximate surface area is 164 Å². The first-order valence-electron chi connectivity index (χ1n) is 9.41. The Morgan fingerprint density at radius 1 is 1.04 bits per heavy atom. The van der Waals surface area contributed by atoms with Crippen LogP contribution in [-0.2, 0) is 11.8 Å². The van der Waals surface area contributed by atoms with Crippen molar-refractivity contribution in [1.29, 1.82) is 0 Å². The topological polar surface area (TPSA) is 46.9 Å². The number of hydrogen-bond donors (Lipinski definition) is 1. The number of anilines is 1. The number of aromatic nitrogens is 2. The Hall–Kier alpha value is -3.40. The summed E-state index contributed by atoms with van der Waals surface area (Å²) in [6.45, 7) is 3.93.